The largest absolute Gasteiger partial charge is 0.354 e. The minimum Gasteiger partial charge on any atom is -0.354 e. The summed E-state index contributed by atoms with van der Waals surface area (Å²) in [5.74, 6) is 0. The first-order chi connectivity index (χ1) is 34.1. The molecule has 2 N–H and O–H groups in total. The average Bonchev–Trinajstić information content (AvgIpc) is 4.18. The van der Waals surface area contributed by atoms with Crippen LogP contribution in [-0.4, -0.2) is 52.2 Å². The van der Waals surface area contributed by atoms with Crippen LogP contribution in [0.4, 0.5) is 0 Å². The summed E-state index contributed by atoms with van der Waals surface area (Å²) >= 11 is 0. The van der Waals surface area contributed by atoms with E-state index in [9.17, 15) is 0 Å². The van der Waals surface area contributed by atoms with Crippen LogP contribution in [0.15, 0.2) is 121 Å². The topological polar surface area (TPSA) is 57.4 Å². The second-order valence-corrected chi connectivity index (χ2v) is 48.0. The summed E-state index contributed by atoms with van der Waals surface area (Å²) in [5.41, 5.74) is 22.4. The Hall–Kier alpha value is -5.65. The summed E-state index contributed by atoms with van der Waals surface area (Å²) in [4.78, 5) is 19.3. The maximum absolute atomic E-state index is 5.64. The lowest BCUT2D eigenvalue weighted by molar-refractivity contribution is 1.09. The van der Waals surface area contributed by atoms with Gasteiger partial charge >= 0.3 is 0 Å². The van der Waals surface area contributed by atoms with Gasteiger partial charge in [-0.25, -0.2) is 9.97 Å². The molecule has 0 spiro atoms. The van der Waals surface area contributed by atoms with Crippen molar-refractivity contribution < 1.29 is 0 Å². The molecular weight excluding hydrogens is 937 g/mol. The predicted molar refractivity (Wildman–Crippen MR) is 328 cm³/mol. The summed E-state index contributed by atoms with van der Waals surface area (Å²) in [6.07, 6.45) is 13.3. The fourth-order valence-electron chi connectivity index (χ4n) is 9.85. The summed E-state index contributed by atoms with van der Waals surface area (Å²) < 4.78 is 0. The van der Waals surface area contributed by atoms with Crippen molar-refractivity contribution in [2.45, 2.75) is 128 Å². The molecule has 0 radical (unpaired) electrons. The van der Waals surface area contributed by atoms with Crippen molar-refractivity contribution in [1.82, 2.24) is 19.9 Å². The summed E-state index contributed by atoms with van der Waals surface area (Å²) in [7, 11) is -4.76. The Kier molecular flexibility index (Phi) is 14.7. The van der Waals surface area contributed by atoms with Crippen LogP contribution in [0.2, 0.25) is 103 Å². The molecule has 3 aromatic heterocycles. The summed E-state index contributed by atoms with van der Waals surface area (Å²) in [6, 6.07) is 51.3. The van der Waals surface area contributed by atoms with Crippen LogP contribution < -0.4 is 0 Å². The first-order valence-electron chi connectivity index (χ1n) is 26.7. The number of rotatable bonds is 16. The third-order valence-corrected chi connectivity index (χ3v) is 21.4. The Bertz CT molecular complexity index is 2850. The van der Waals surface area contributed by atoms with Gasteiger partial charge in [-0.05, 0) is 119 Å². The SMILES string of the molecule is C[Si](C)(C)CCc1ccc(-c2c3nc(c(-c4ccc(CC[Si](C)(C)C)cc4)c4ccc([nH]4)c(-c4ccc(CC[Si](C)(C)C)cc4)c4nc(c(-c5ccc(CC[Si](C)(C)C)cc5)c5ccc2[nH]5)C=C4)C=C3)cc1. The second-order valence-electron chi connectivity index (χ2n) is 25.5. The highest BCUT2D eigenvalue weighted by Gasteiger charge is 2.21. The molecule has 72 heavy (non-hydrogen) atoms. The zero-order valence-electron chi connectivity index (χ0n) is 45.4. The number of nitrogens with one attached hydrogen (secondary N) is 2. The lowest BCUT2D eigenvalue weighted by atomic mass is 10.0. The third-order valence-electron chi connectivity index (χ3n) is 14.4. The molecule has 7 aromatic rings. The highest BCUT2D eigenvalue weighted by Crippen LogP contribution is 2.39. The lowest BCUT2D eigenvalue weighted by Gasteiger charge is -2.15. The fraction of sp³-hybridized carbons (Fsp3) is 0.312. The molecule has 8 heteroatoms. The number of aryl methyl sites for hydroxylation is 4. The van der Waals surface area contributed by atoms with E-state index in [-0.39, 0.29) is 0 Å². The van der Waals surface area contributed by atoms with Crippen LogP contribution in [0.1, 0.15) is 45.0 Å². The van der Waals surface area contributed by atoms with E-state index in [1.807, 2.05) is 0 Å². The van der Waals surface area contributed by atoms with Gasteiger partial charge in [-0.3, -0.25) is 0 Å². The van der Waals surface area contributed by atoms with Crippen LogP contribution >= 0.6 is 0 Å². The number of benzene rings is 4. The predicted octanol–water partition coefficient (Wildman–Crippen LogP) is 18.8. The molecule has 0 saturated heterocycles. The van der Waals surface area contributed by atoms with E-state index in [0.717, 1.165) is 115 Å². The number of H-pyrrole nitrogens is 2. The van der Waals surface area contributed by atoms with Crippen molar-refractivity contribution in [2.24, 2.45) is 0 Å². The minimum atomic E-state index is -1.19. The lowest BCUT2D eigenvalue weighted by Crippen LogP contribution is -2.19. The molecule has 0 fully saturated rings. The Labute approximate surface area is 435 Å². The van der Waals surface area contributed by atoms with Gasteiger partial charge in [0.1, 0.15) is 0 Å². The van der Waals surface area contributed by atoms with Crippen molar-refractivity contribution >= 4 is 78.7 Å². The molecule has 0 saturated carbocycles. The Morgan fingerprint density at radius 2 is 0.472 bits per heavy atom. The van der Waals surface area contributed by atoms with E-state index in [1.165, 1.54) is 46.4 Å². The van der Waals surface area contributed by atoms with E-state index in [1.54, 1.807) is 0 Å². The number of aromatic amines is 2. The number of fused-ring (bicyclic) bond motifs is 8. The molecule has 370 valence electrons. The third kappa shape index (κ3) is 12.7. The smallest absolute Gasteiger partial charge is 0.0737 e. The molecule has 0 unspecified atom stereocenters. The van der Waals surface area contributed by atoms with Gasteiger partial charge in [0.15, 0.2) is 0 Å². The van der Waals surface area contributed by atoms with Gasteiger partial charge in [0, 0.05) is 76.6 Å². The first-order valence-corrected chi connectivity index (χ1v) is 41.5. The first kappa shape index (κ1) is 51.3. The van der Waals surface area contributed by atoms with Crippen LogP contribution in [0, 0.1) is 0 Å². The number of aromatic nitrogens is 4. The summed E-state index contributed by atoms with van der Waals surface area (Å²) in [6.45, 7) is 29.6. The highest BCUT2D eigenvalue weighted by atomic mass is 28.3. The molecule has 0 aliphatic carbocycles. The second kappa shape index (κ2) is 20.7. The van der Waals surface area contributed by atoms with Crippen molar-refractivity contribution in [3.8, 4) is 44.5 Å². The maximum Gasteiger partial charge on any atom is 0.0737 e. The van der Waals surface area contributed by atoms with E-state index < -0.39 is 32.3 Å². The molecule has 0 amide bonds. The fourth-order valence-corrected chi connectivity index (χ4v) is 14.0. The number of hydrogen-bond acceptors (Lipinski definition) is 2. The van der Waals surface area contributed by atoms with Crippen molar-refractivity contribution in [3.63, 3.8) is 0 Å². The maximum atomic E-state index is 5.64. The standard InChI is InChI=1S/C64H78N4Si4/c1-69(2,3)41-37-45-13-21-49(22-14-45)61-53-29-31-55(65-53)62(50-23-15-46(16-24-50)38-42-70(4,5)6)57-33-35-59(67-57)64(52-27-19-48(20-28-52)40-44-72(10,11)12)60-36-34-58(68-60)63(56-32-30-54(61)66-56)51-25-17-47(18-26-51)39-43-71(7,8)9/h13-36,65,68H,37-44H2,1-12H3. The quantitative estimate of drug-likeness (QED) is 0.0948. The average molecular weight is 1020 g/mol. The van der Waals surface area contributed by atoms with Crippen LogP contribution in [0.3, 0.4) is 0 Å². The van der Waals surface area contributed by atoms with Crippen molar-refractivity contribution in [3.05, 3.63) is 166 Å². The van der Waals surface area contributed by atoms with Crippen molar-refractivity contribution in [1.29, 1.82) is 0 Å². The Balaban J connectivity index is 1.31. The molecule has 2 aliphatic heterocycles. The van der Waals surface area contributed by atoms with Gasteiger partial charge in [-0.1, -0.05) is 200 Å². The minimum absolute atomic E-state index is 0.944. The van der Waals surface area contributed by atoms with E-state index in [0.29, 0.717) is 0 Å². The molecule has 9 rings (SSSR count). The molecule has 8 bridgehead atoms. The van der Waals surface area contributed by atoms with Gasteiger partial charge in [-0.2, -0.15) is 0 Å². The zero-order chi connectivity index (χ0) is 51.0. The van der Waals surface area contributed by atoms with Gasteiger partial charge in [0.25, 0.3) is 0 Å². The molecule has 0 atom stereocenters. The molecule has 4 nitrogen and oxygen atoms in total. The van der Waals surface area contributed by atoms with Gasteiger partial charge in [0.2, 0.25) is 0 Å². The molecule has 2 aliphatic rings. The van der Waals surface area contributed by atoms with Gasteiger partial charge < -0.3 is 9.97 Å². The molecular formula is C64H78N4Si4. The van der Waals surface area contributed by atoms with E-state index in [2.05, 4.69) is 234 Å². The monoisotopic (exact) mass is 1010 g/mol. The zero-order valence-corrected chi connectivity index (χ0v) is 49.4. The van der Waals surface area contributed by atoms with Crippen LogP contribution in [0.5, 0.6) is 0 Å². The van der Waals surface area contributed by atoms with Crippen LogP contribution in [-0.2, 0) is 25.7 Å². The van der Waals surface area contributed by atoms with E-state index in [4.69, 9.17) is 9.97 Å². The number of hydrogen-bond donors (Lipinski definition) is 2. The Morgan fingerprint density at radius 1 is 0.278 bits per heavy atom. The Morgan fingerprint density at radius 3 is 0.653 bits per heavy atom. The normalized spacial score (nSPS) is 13.1. The van der Waals surface area contributed by atoms with Crippen molar-refractivity contribution in [2.75, 3.05) is 0 Å². The van der Waals surface area contributed by atoms with E-state index >= 15 is 0 Å². The van der Waals surface area contributed by atoms with Crippen LogP contribution in [0.25, 0.3) is 90.9 Å². The number of nitrogens with zero attached hydrogens (tertiary/aromatic N) is 2. The van der Waals surface area contributed by atoms with Gasteiger partial charge in [-0.15, -0.1) is 0 Å². The highest BCUT2D eigenvalue weighted by molar-refractivity contribution is 6.77. The van der Waals surface area contributed by atoms with Gasteiger partial charge in [0.05, 0.1) is 22.8 Å². The molecule has 4 aromatic carbocycles. The summed E-state index contributed by atoms with van der Waals surface area (Å²) in [5, 5.41) is 0. The molecule has 5 heterocycles.